The number of anilines is 1. The summed E-state index contributed by atoms with van der Waals surface area (Å²) in [5.41, 5.74) is 0.913. The van der Waals surface area contributed by atoms with Gasteiger partial charge in [0.25, 0.3) is 0 Å². The van der Waals surface area contributed by atoms with Crippen molar-refractivity contribution in [1.82, 2.24) is 15.0 Å². The van der Waals surface area contributed by atoms with Crippen molar-refractivity contribution in [2.75, 3.05) is 19.0 Å². The molecule has 0 amide bonds. The molecule has 0 radical (unpaired) electrons. The standard InChI is InChI=1S/C12H16N4O2S/c1-18-11(17)3-2-9-8-19-12(16-9)15-5-4-10-13-6-7-14-10/h6-8H,2-5H2,1H3,(H,13,14)(H,15,16). The summed E-state index contributed by atoms with van der Waals surface area (Å²) < 4.78 is 4.60. The minimum Gasteiger partial charge on any atom is -0.469 e. The molecule has 6 nitrogen and oxygen atoms in total. The molecule has 2 rings (SSSR count). The smallest absolute Gasteiger partial charge is 0.305 e. The van der Waals surface area contributed by atoms with Gasteiger partial charge < -0.3 is 15.0 Å². The fourth-order valence-electron chi connectivity index (χ4n) is 1.56. The number of thiazole rings is 1. The van der Waals surface area contributed by atoms with E-state index < -0.39 is 0 Å². The Kier molecular flexibility index (Phi) is 4.91. The van der Waals surface area contributed by atoms with Crippen molar-refractivity contribution in [3.63, 3.8) is 0 Å². The average molecular weight is 280 g/mol. The Labute approximate surface area is 115 Å². The molecule has 0 spiro atoms. The van der Waals surface area contributed by atoms with Gasteiger partial charge in [0.2, 0.25) is 0 Å². The number of hydrogen-bond donors (Lipinski definition) is 2. The fraction of sp³-hybridized carbons (Fsp3) is 0.417. The summed E-state index contributed by atoms with van der Waals surface area (Å²) in [5.74, 6) is 0.746. The van der Waals surface area contributed by atoms with Crippen molar-refractivity contribution in [2.24, 2.45) is 0 Å². The first-order valence-corrected chi connectivity index (χ1v) is 6.89. The maximum atomic E-state index is 11.0. The SMILES string of the molecule is COC(=O)CCc1csc(NCCc2ncc[nH]2)n1. The Hall–Kier alpha value is -1.89. The van der Waals surface area contributed by atoms with Crippen molar-refractivity contribution in [3.05, 3.63) is 29.3 Å². The molecule has 0 atom stereocenters. The van der Waals surface area contributed by atoms with E-state index in [4.69, 9.17) is 0 Å². The molecule has 19 heavy (non-hydrogen) atoms. The number of aryl methyl sites for hydroxylation is 1. The second-order valence-corrected chi connectivity index (χ2v) is 4.79. The summed E-state index contributed by atoms with van der Waals surface area (Å²) in [4.78, 5) is 22.6. The number of esters is 1. The van der Waals surface area contributed by atoms with Gasteiger partial charge in [-0.1, -0.05) is 0 Å². The van der Waals surface area contributed by atoms with Gasteiger partial charge in [-0.05, 0) is 0 Å². The molecule has 2 aromatic heterocycles. The zero-order valence-electron chi connectivity index (χ0n) is 10.7. The van der Waals surface area contributed by atoms with Crippen molar-refractivity contribution in [3.8, 4) is 0 Å². The molecule has 0 bridgehead atoms. The number of ether oxygens (including phenoxy) is 1. The summed E-state index contributed by atoms with van der Waals surface area (Å²) in [7, 11) is 1.39. The van der Waals surface area contributed by atoms with Crippen LogP contribution >= 0.6 is 11.3 Å². The Morgan fingerprint density at radius 1 is 1.53 bits per heavy atom. The maximum Gasteiger partial charge on any atom is 0.305 e. The van der Waals surface area contributed by atoms with Crippen LogP contribution in [-0.2, 0) is 22.4 Å². The third-order valence-electron chi connectivity index (χ3n) is 2.56. The van der Waals surface area contributed by atoms with E-state index in [-0.39, 0.29) is 5.97 Å². The number of carbonyl (C=O) groups excluding carboxylic acids is 1. The minimum absolute atomic E-state index is 0.208. The minimum atomic E-state index is -0.208. The highest BCUT2D eigenvalue weighted by Crippen LogP contribution is 2.16. The van der Waals surface area contributed by atoms with Gasteiger partial charge in [0.1, 0.15) is 5.82 Å². The lowest BCUT2D eigenvalue weighted by Crippen LogP contribution is -2.06. The molecule has 0 saturated carbocycles. The number of carbonyl (C=O) groups is 1. The highest BCUT2D eigenvalue weighted by molar-refractivity contribution is 7.13. The Morgan fingerprint density at radius 3 is 3.16 bits per heavy atom. The zero-order chi connectivity index (χ0) is 13.5. The third kappa shape index (κ3) is 4.36. The number of aromatic amines is 1. The quantitative estimate of drug-likeness (QED) is 0.753. The van der Waals surface area contributed by atoms with Gasteiger partial charge in [0.05, 0.1) is 19.2 Å². The summed E-state index contributed by atoms with van der Waals surface area (Å²) in [5, 5.41) is 6.06. The molecule has 2 aromatic rings. The Balaban J connectivity index is 1.73. The number of methoxy groups -OCH3 is 1. The highest BCUT2D eigenvalue weighted by Gasteiger charge is 2.05. The molecule has 0 saturated heterocycles. The van der Waals surface area contributed by atoms with Crippen LogP contribution in [0, 0.1) is 0 Å². The molecular formula is C12H16N4O2S. The van der Waals surface area contributed by atoms with E-state index in [0.29, 0.717) is 12.8 Å². The third-order valence-corrected chi connectivity index (χ3v) is 3.41. The number of nitrogens with one attached hydrogen (secondary N) is 2. The largest absolute Gasteiger partial charge is 0.469 e. The van der Waals surface area contributed by atoms with Gasteiger partial charge in [0.15, 0.2) is 5.13 Å². The van der Waals surface area contributed by atoms with Gasteiger partial charge in [-0.25, -0.2) is 9.97 Å². The molecule has 0 aliphatic rings. The topological polar surface area (TPSA) is 79.9 Å². The Bertz CT molecular complexity index is 510. The van der Waals surface area contributed by atoms with Crippen LogP contribution < -0.4 is 5.32 Å². The van der Waals surface area contributed by atoms with Crippen LogP contribution in [0.5, 0.6) is 0 Å². The lowest BCUT2D eigenvalue weighted by Gasteiger charge is -2.00. The second-order valence-electron chi connectivity index (χ2n) is 3.93. The normalized spacial score (nSPS) is 10.4. The van der Waals surface area contributed by atoms with Gasteiger partial charge in [-0.2, -0.15) is 0 Å². The molecule has 0 aromatic carbocycles. The van der Waals surface area contributed by atoms with Crippen LogP contribution in [0.1, 0.15) is 17.9 Å². The molecule has 2 heterocycles. The molecule has 2 N–H and O–H groups in total. The number of imidazole rings is 1. The lowest BCUT2D eigenvalue weighted by molar-refractivity contribution is -0.140. The van der Waals surface area contributed by atoms with Gasteiger partial charge in [0, 0.05) is 37.2 Å². The van der Waals surface area contributed by atoms with Gasteiger partial charge in [-0.3, -0.25) is 4.79 Å². The molecule has 0 aliphatic carbocycles. The first kappa shape index (κ1) is 13.5. The van der Waals surface area contributed by atoms with Crippen molar-refractivity contribution >= 4 is 22.4 Å². The lowest BCUT2D eigenvalue weighted by atomic mass is 10.2. The summed E-state index contributed by atoms with van der Waals surface area (Å²) in [6, 6.07) is 0. The first-order chi connectivity index (χ1) is 9.28. The van der Waals surface area contributed by atoms with Gasteiger partial charge >= 0.3 is 5.97 Å². The molecule has 0 unspecified atom stereocenters. The van der Waals surface area contributed by atoms with Crippen LogP contribution in [0.15, 0.2) is 17.8 Å². The number of nitrogens with zero attached hydrogens (tertiary/aromatic N) is 2. The van der Waals surface area contributed by atoms with Gasteiger partial charge in [-0.15, -0.1) is 11.3 Å². The summed E-state index contributed by atoms with van der Waals surface area (Å²) in [6.07, 6.45) is 5.35. The van der Waals surface area contributed by atoms with Crippen molar-refractivity contribution in [1.29, 1.82) is 0 Å². The summed E-state index contributed by atoms with van der Waals surface area (Å²) in [6.45, 7) is 0.775. The van der Waals surface area contributed by atoms with E-state index in [1.807, 2.05) is 11.6 Å². The number of aromatic nitrogens is 3. The highest BCUT2D eigenvalue weighted by atomic mass is 32.1. The van der Waals surface area contributed by atoms with E-state index in [1.165, 1.54) is 7.11 Å². The first-order valence-electron chi connectivity index (χ1n) is 6.01. The van der Waals surface area contributed by atoms with Crippen molar-refractivity contribution < 1.29 is 9.53 Å². The van der Waals surface area contributed by atoms with Crippen molar-refractivity contribution in [2.45, 2.75) is 19.3 Å². The van der Waals surface area contributed by atoms with E-state index in [2.05, 4.69) is 25.0 Å². The van der Waals surface area contributed by atoms with E-state index in [0.717, 1.165) is 29.6 Å². The number of rotatable bonds is 7. The van der Waals surface area contributed by atoms with Crippen LogP contribution in [-0.4, -0.2) is 34.6 Å². The monoisotopic (exact) mass is 280 g/mol. The van der Waals surface area contributed by atoms with E-state index >= 15 is 0 Å². The van der Waals surface area contributed by atoms with Crippen LogP contribution in [0.25, 0.3) is 0 Å². The Morgan fingerprint density at radius 2 is 2.42 bits per heavy atom. The van der Waals surface area contributed by atoms with E-state index in [1.54, 1.807) is 17.5 Å². The predicted octanol–water partition coefficient (Wildman–Crippen LogP) is 1.63. The molecule has 7 heteroatoms. The second kappa shape index (κ2) is 6.89. The number of hydrogen-bond acceptors (Lipinski definition) is 6. The molecule has 0 aliphatic heterocycles. The number of H-pyrrole nitrogens is 1. The maximum absolute atomic E-state index is 11.0. The molecule has 0 fully saturated rings. The van der Waals surface area contributed by atoms with Crippen LogP contribution in [0.4, 0.5) is 5.13 Å². The fourth-order valence-corrected chi connectivity index (χ4v) is 2.33. The zero-order valence-corrected chi connectivity index (χ0v) is 11.5. The summed E-state index contributed by atoms with van der Waals surface area (Å²) >= 11 is 1.54. The van der Waals surface area contributed by atoms with Crippen LogP contribution in [0.2, 0.25) is 0 Å². The molecular weight excluding hydrogens is 264 g/mol. The molecule has 102 valence electrons. The predicted molar refractivity (Wildman–Crippen MR) is 73.2 cm³/mol. The van der Waals surface area contributed by atoms with E-state index in [9.17, 15) is 4.79 Å². The van der Waals surface area contributed by atoms with Crippen LogP contribution in [0.3, 0.4) is 0 Å². The average Bonchev–Trinajstić information content (AvgIpc) is 3.07.